The van der Waals surface area contributed by atoms with Crippen LogP contribution in [0.2, 0.25) is 10.0 Å². The minimum Gasteiger partial charge on any atom is -0.381 e. The monoisotopic (exact) mass is 459 g/mol. The van der Waals surface area contributed by atoms with Gasteiger partial charge in [0.2, 0.25) is 0 Å². The normalized spacial score (nSPS) is 28.1. The Bertz CT molecular complexity index is 992. The van der Waals surface area contributed by atoms with Crippen molar-refractivity contribution in [3.05, 3.63) is 57.6 Å². The molecular formula is C25H31Cl2N3O. The van der Waals surface area contributed by atoms with E-state index in [1.165, 1.54) is 11.1 Å². The molecule has 0 radical (unpaired) electrons. The first-order valence-electron chi connectivity index (χ1n) is 10.8. The number of hydrogen-bond donors (Lipinski definition) is 1. The molecule has 2 aliphatic rings. The summed E-state index contributed by atoms with van der Waals surface area (Å²) in [6.07, 6.45) is 5.58. The summed E-state index contributed by atoms with van der Waals surface area (Å²) in [4.78, 5) is 7.06. The summed E-state index contributed by atoms with van der Waals surface area (Å²) in [5.74, 6) is 0.555. The van der Waals surface area contributed by atoms with Crippen molar-refractivity contribution >= 4 is 29.2 Å². The first kappa shape index (κ1) is 22.4. The van der Waals surface area contributed by atoms with Gasteiger partial charge in [-0.3, -0.25) is 0 Å². The van der Waals surface area contributed by atoms with Crippen LogP contribution in [-0.4, -0.2) is 38.2 Å². The summed E-state index contributed by atoms with van der Waals surface area (Å²) in [6.45, 7) is 2.26. The van der Waals surface area contributed by atoms with Crippen LogP contribution in [0, 0.1) is 5.41 Å². The Kier molecular flexibility index (Phi) is 6.01. The number of benzene rings is 2. The van der Waals surface area contributed by atoms with Crippen molar-refractivity contribution < 1.29 is 4.74 Å². The molecule has 0 heterocycles. The molecule has 2 aromatic carbocycles. The van der Waals surface area contributed by atoms with Gasteiger partial charge in [-0.2, -0.15) is 0 Å². The third-order valence-corrected chi connectivity index (χ3v) is 7.85. The van der Waals surface area contributed by atoms with Gasteiger partial charge in [0.15, 0.2) is 5.96 Å². The van der Waals surface area contributed by atoms with E-state index in [9.17, 15) is 0 Å². The van der Waals surface area contributed by atoms with Gasteiger partial charge in [-0.05, 0) is 85.5 Å². The van der Waals surface area contributed by atoms with Gasteiger partial charge >= 0.3 is 0 Å². The molecule has 1 spiro atoms. The fourth-order valence-corrected chi connectivity index (χ4v) is 5.98. The maximum absolute atomic E-state index is 6.39. The molecule has 0 aromatic heterocycles. The van der Waals surface area contributed by atoms with E-state index in [0.29, 0.717) is 22.1 Å². The van der Waals surface area contributed by atoms with Gasteiger partial charge in [0.25, 0.3) is 0 Å². The van der Waals surface area contributed by atoms with Crippen LogP contribution >= 0.6 is 23.2 Å². The third kappa shape index (κ3) is 3.94. The van der Waals surface area contributed by atoms with E-state index >= 15 is 0 Å². The lowest BCUT2D eigenvalue weighted by Crippen LogP contribution is -2.45. The summed E-state index contributed by atoms with van der Waals surface area (Å²) in [5.41, 5.74) is 10.7. The average molecular weight is 460 g/mol. The minimum atomic E-state index is -0.409. The molecule has 2 aliphatic carbocycles. The van der Waals surface area contributed by atoms with Gasteiger partial charge in [0.05, 0.1) is 11.6 Å². The molecule has 4 rings (SSSR count). The standard InChI is InChI=1S/C25H31Cl2N3O/c1-24(29-23(28)30(2)3)22-13-16(18-11-19(26)14-20(27)12-18)5-6-17(22)15-25(24)9-7-21(31-4)8-10-25/h5-6,11-14,21H,7-10,15H2,1-4H3,(H2,28,29). The Morgan fingerprint density at radius 1 is 1.06 bits per heavy atom. The van der Waals surface area contributed by atoms with Gasteiger partial charge in [0.1, 0.15) is 0 Å². The molecule has 0 bridgehead atoms. The fourth-order valence-electron chi connectivity index (χ4n) is 5.46. The molecule has 1 saturated carbocycles. The molecule has 0 aliphatic heterocycles. The molecule has 1 unspecified atom stereocenters. The summed E-state index contributed by atoms with van der Waals surface area (Å²) in [7, 11) is 5.70. The van der Waals surface area contributed by atoms with E-state index in [4.69, 9.17) is 38.7 Å². The van der Waals surface area contributed by atoms with E-state index in [1.807, 2.05) is 38.2 Å². The second kappa shape index (κ2) is 8.31. The maximum Gasteiger partial charge on any atom is 0.191 e. The Morgan fingerprint density at radius 3 is 2.29 bits per heavy atom. The SMILES string of the molecule is COC1CCC2(CC1)Cc1ccc(-c3cc(Cl)cc(Cl)c3)cc1C2(C)N=C(N)N(C)C. The first-order chi connectivity index (χ1) is 14.7. The summed E-state index contributed by atoms with van der Waals surface area (Å²) in [5, 5.41) is 1.27. The largest absolute Gasteiger partial charge is 0.381 e. The quantitative estimate of drug-likeness (QED) is 0.460. The first-order valence-corrected chi connectivity index (χ1v) is 11.6. The molecule has 1 atom stereocenters. The predicted molar refractivity (Wildman–Crippen MR) is 130 cm³/mol. The lowest BCUT2D eigenvalue weighted by molar-refractivity contribution is 0.00103. The minimum absolute atomic E-state index is 0.0373. The zero-order valence-electron chi connectivity index (χ0n) is 18.7. The Labute approximate surface area is 195 Å². The van der Waals surface area contributed by atoms with E-state index < -0.39 is 5.54 Å². The zero-order chi connectivity index (χ0) is 22.4. The summed E-state index contributed by atoms with van der Waals surface area (Å²) >= 11 is 12.6. The van der Waals surface area contributed by atoms with Crippen LogP contribution < -0.4 is 5.73 Å². The van der Waals surface area contributed by atoms with Crippen molar-refractivity contribution in [1.29, 1.82) is 0 Å². The van der Waals surface area contributed by atoms with Crippen LogP contribution in [0.5, 0.6) is 0 Å². The molecule has 2 N–H and O–H groups in total. The van der Waals surface area contributed by atoms with Crippen LogP contribution in [0.3, 0.4) is 0 Å². The topological polar surface area (TPSA) is 50.9 Å². The van der Waals surface area contributed by atoms with Gasteiger partial charge < -0.3 is 15.4 Å². The highest BCUT2D eigenvalue weighted by atomic mass is 35.5. The van der Waals surface area contributed by atoms with Gasteiger partial charge in [0, 0.05) is 36.7 Å². The molecule has 4 nitrogen and oxygen atoms in total. The number of ether oxygens (including phenoxy) is 1. The number of nitrogens with zero attached hydrogens (tertiary/aromatic N) is 2. The van der Waals surface area contributed by atoms with Crippen LogP contribution in [0.15, 0.2) is 41.4 Å². The Balaban J connectivity index is 1.84. The van der Waals surface area contributed by atoms with Crippen molar-refractivity contribution in [3.8, 4) is 11.1 Å². The third-order valence-electron chi connectivity index (χ3n) is 7.41. The Hall–Kier alpha value is -1.75. The molecule has 2 aromatic rings. The number of guanidine groups is 1. The number of nitrogens with two attached hydrogens (primary N) is 1. The van der Waals surface area contributed by atoms with Gasteiger partial charge in [-0.15, -0.1) is 0 Å². The van der Waals surface area contributed by atoms with Crippen molar-refractivity contribution in [2.45, 2.75) is 50.7 Å². The zero-order valence-corrected chi connectivity index (χ0v) is 20.2. The number of aliphatic imine (C=N–C) groups is 1. The van der Waals surface area contributed by atoms with Crippen molar-refractivity contribution in [2.75, 3.05) is 21.2 Å². The van der Waals surface area contributed by atoms with Crippen LogP contribution in [0.25, 0.3) is 11.1 Å². The van der Waals surface area contributed by atoms with Gasteiger partial charge in [-0.1, -0.05) is 35.3 Å². The molecule has 31 heavy (non-hydrogen) atoms. The highest BCUT2D eigenvalue weighted by molar-refractivity contribution is 6.35. The average Bonchev–Trinajstić information content (AvgIpc) is 2.95. The van der Waals surface area contributed by atoms with Crippen LogP contribution in [0.1, 0.15) is 43.7 Å². The van der Waals surface area contributed by atoms with Crippen LogP contribution in [0.4, 0.5) is 0 Å². The van der Waals surface area contributed by atoms with Gasteiger partial charge in [-0.25, -0.2) is 4.99 Å². The smallest absolute Gasteiger partial charge is 0.191 e. The van der Waals surface area contributed by atoms with E-state index in [0.717, 1.165) is 43.2 Å². The number of hydrogen-bond acceptors (Lipinski definition) is 2. The van der Waals surface area contributed by atoms with Crippen molar-refractivity contribution in [1.82, 2.24) is 4.90 Å². The lowest BCUT2D eigenvalue weighted by Gasteiger charge is -2.46. The summed E-state index contributed by atoms with van der Waals surface area (Å²) < 4.78 is 5.66. The highest BCUT2D eigenvalue weighted by Crippen LogP contribution is 2.60. The van der Waals surface area contributed by atoms with E-state index in [2.05, 4.69) is 25.1 Å². The molecule has 166 valence electrons. The van der Waals surface area contributed by atoms with E-state index in [-0.39, 0.29) is 5.41 Å². The fraction of sp³-hybridized carbons (Fsp3) is 0.480. The second-order valence-electron chi connectivity index (χ2n) is 9.36. The second-order valence-corrected chi connectivity index (χ2v) is 10.2. The predicted octanol–water partition coefficient (Wildman–Crippen LogP) is 5.88. The summed E-state index contributed by atoms with van der Waals surface area (Å²) in [6, 6.07) is 12.4. The maximum atomic E-state index is 6.39. The number of halogens is 2. The molecule has 0 amide bonds. The highest BCUT2D eigenvalue weighted by Gasteiger charge is 2.56. The molecule has 6 heteroatoms. The lowest BCUT2D eigenvalue weighted by atomic mass is 9.62. The number of fused-ring (bicyclic) bond motifs is 1. The van der Waals surface area contributed by atoms with E-state index in [1.54, 1.807) is 6.07 Å². The Morgan fingerprint density at radius 2 is 1.71 bits per heavy atom. The molecule has 0 saturated heterocycles. The molecular weight excluding hydrogens is 429 g/mol. The van der Waals surface area contributed by atoms with Crippen molar-refractivity contribution in [3.63, 3.8) is 0 Å². The van der Waals surface area contributed by atoms with Crippen LogP contribution in [-0.2, 0) is 16.7 Å². The molecule has 1 fully saturated rings. The number of rotatable bonds is 3. The number of methoxy groups -OCH3 is 1. The van der Waals surface area contributed by atoms with Crippen molar-refractivity contribution in [2.24, 2.45) is 16.1 Å².